The van der Waals surface area contributed by atoms with Crippen LogP contribution in [0.15, 0.2) is 42.5 Å². The van der Waals surface area contributed by atoms with E-state index < -0.39 is 0 Å². The van der Waals surface area contributed by atoms with Crippen molar-refractivity contribution >= 4 is 5.69 Å². The summed E-state index contributed by atoms with van der Waals surface area (Å²) in [6.45, 7) is 11.9. The summed E-state index contributed by atoms with van der Waals surface area (Å²) >= 11 is 0. The minimum atomic E-state index is 0.107. The molecule has 3 rings (SSSR count). The maximum absolute atomic E-state index is 3.69. The fraction of sp³-hybridized carbons (Fsp3) is 0.400. The monoisotopic (exact) mass is 294 g/mol. The molecule has 0 saturated heterocycles. The van der Waals surface area contributed by atoms with E-state index in [9.17, 15) is 0 Å². The molecule has 0 fully saturated rings. The zero-order chi connectivity index (χ0) is 15.7. The van der Waals surface area contributed by atoms with Crippen LogP contribution < -0.4 is 10.2 Å². The molecular weight excluding hydrogens is 268 g/mol. The van der Waals surface area contributed by atoms with Gasteiger partial charge in [-0.3, -0.25) is 0 Å². The molecule has 0 unspecified atom stereocenters. The molecule has 22 heavy (non-hydrogen) atoms. The molecule has 0 bridgehead atoms. The second kappa shape index (κ2) is 5.77. The molecule has 0 saturated carbocycles. The van der Waals surface area contributed by atoms with Crippen LogP contribution in [0.1, 0.15) is 36.1 Å². The molecule has 0 spiro atoms. The first kappa shape index (κ1) is 15.1. The van der Waals surface area contributed by atoms with Crippen LogP contribution >= 0.6 is 0 Å². The highest BCUT2D eigenvalue weighted by atomic mass is 15.2. The van der Waals surface area contributed by atoms with Crippen molar-refractivity contribution < 1.29 is 0 Å². The van der Waals surface area contributed by atoms with Gasteiger partial charge in [-0.25, -0.2) is 0 Å². The molecule has 2 nitrogen and oxygen atoms in total. The molecule has 1 aliphatic heterocycles. The van der Waals surface area contributed by atoms with Crippen molar-refractivity contribution in [3.8, 4) is 0 Å². The third-order valence-electron chi connectivity index (χ3n) is 4.54. The van der Waals surface area contributed by atoms with E-state index in [1.807, 2.05) is 0 Å². The Kier molecular flexibility index (Phi) is 3.96. The molecular formula is C20H26N2. The first-order valence-corrected chi connectivity index (χ1v) is 8.09. The Morgan fingerprint density at radius 1 is 1.09 bits per heavy atom. The van der Waals surface area contributed by atoms with E-state index in [-0.39, 0.29) is 5.54 Å². The number of aryl methyl sites for hydroxylation is 2. The van der Waals surface area contributed by atoms with Crippen LogP contribution in [0, 0.1) is 13.8 Å². The molecule has 0 aromatic heterocycles. The number of fused-ring (bicyclic) bond motifs is 1. The molecule has 0 amide bonds. The highest BCUT2D eigenvalue weighted by molar-refractivity contribution is 5.57. The van der Waals surface area contributed by atoms with Crippen LogP contribution in [0.3, 0.4) is 0 Å². The number of nitrogens with zero attached hydrogens (tertiary/aromatic N) is 1. The highest BCUT2D eigenvalue weighted by Gasteiger charge is 2.27. The summed E-state index contributed by atoms with van der Waals surface area (Å²) in [6.07, 6.45) is 0. The van der Waals surface area contributed by atoms with Gasteiger partial charge in [0, 0.05) is 30.9 Å². The van der Waals surface area contributed by atoms with Gasteiger partial charge in [-0.2, -0.15) is 0 Å². The van der Waals surface area contributed by atoms with E-state index in [1.54, 1.807) is 0 Å². The number of anilines is 1. The molecule has 0 aliphatic carbocycles. The largest absolute Gasteiger partial charge is 0.365 e. The predicted molar refractivity (Wildman–Crippen MR) is 94.3 cm³/mol. The molecule has 1 aliphatic rings. The highest BCUT2D eigenvalue weighted by Crippen LogP contribution is 2.29. The summed E-state index contributed by atoms with van der Waals surface area (Å²) in [5.74, 6) is 0. The lowest BCUT2D eigenvalue weighted by atomic mass is 10.0. The second-order valence-corrected chi connectivity index (χ2v) is 7.15. The molecule has 116 valence electrons. The quantitative estimate of drug-likeness (QED) is 0.893. The average Bonchev–Trinajstić information content (AvgIpc) is 2.58. The number of benzene rings is 2. The summed E-state index contributed by atoms with van der Waals surface area (Å²) in [5, 5.41) is 3.69. The first-order valence-electron chi connectivity index (χ1n) is 8.09. The summed E-state index contributed by atoms with van der Waals surface area (Å²) in [5.41, 5.74) is 6.98. The standard InChI is InChI=1S/C20H26N2/c1-15-9-10-19-18(11-15)12-21-20(3,4)14-22(19)13-17-8-6-5-7-16(17)2/h5-11,21H,12-14H2,1-4H3. The lowest BCUT2D eigenvalue weighted by Crippen LogP contribution is -2.46. The van der Waals surface area contributed by atoms with Gasteiger partial charge in [-0.1, -0.05) is 42.0 Å². The lowest BCUT2D eigenvalue weighted by Gasteiger charge is -2.32. The summed E-state index contributed by atoms with van der Waals surface area (Å²) in [6, 6.07) is 15.5. The summed E-state index contributed by atoms with van der Waals surface area (Å²) < 4.78 is 0. The van der Waals surface area contributed by atoms with Crippen LogP contribution in [0.25, 0.3) is 0 Å². The molecule has 2 heteroatoms. The van der Waals surface area contributed by atoms with Gasteiger partial charge < -0.3 is 10.2 Å². The van der Waals surface area contributed by atoms with Crippen molar-refractivity contribution in [2.24, 2.45) is 0 Å². The normalized spacial score (nSPS) is 17.0. The van der Waals surface area contributed by atoms with Gasteiger partial charge >= 0.3 is 0 Å². The molecule has 0 radical (unpaired) electrons. The van der Waals surface area contributed by atoms with Crippen LogP contribution in [0.4, 0.5) is 5.69 Å². The molecule has 2 aromatic carbocycles. The minimum Gasteiger partial charge on any atom is -0.365 e. The maximum atomic E-state index is 3.69. The van der Waals surface area contributed by atoms with Crippen molar-refractivity contribution in [1.29, 1.82) is 0 Å². The zero-order valence-corrected chi connectivity index (χ0v) is 14.1. The number of nitrogens with one attached hydrogen (secondary N) is 1. The van der Waals surface area contributed by atoms with Gasteiger partial charge in [0.05, 0.1) is 0 Å². The van der Waals surface area contributed by atoms with Crippen molar-refractivity contribution in [2.75, 3.05) is 11.4 Å². The van der Waals surface area contributed by atoms with Gasteiger partial charge in [-0.15, -0.1) is 0 Å². The Morgan fingerprint density at radius 2 is 1.86 bits per heavy atom. The fourth-order valence-corrected chi connectivity index (χ4v) is 3.25. The zero-order valence-electron chi connectivity index (χ0n) is 14.1. The van der Waals surface area contributed by atoms with Crippen molar-refractivity contribution in [3.05, 3.63) is 64.7 Å². The maximum Gasteiger partial charge on any atom is 0.0433 e. The molecule has 2 aromatic rings. The Morgan fingerprint density at radius 3 is 2.64 bits per heavy atom. The van der Waals surface area contributed by atoms with E-state index in [4.69, 9.17) is 0 Å². The van der Waals surface area contributed by atoms with Gasteiger partial charge in [0.1, 0.15) is 0 Å². The van der Waals surface area contributed by atoms with Crippen molar-refractivity contribution in [1.82, 2.24) is 5.32 Å². The lowest BCUT2D eigenvalue weighted by molar-refractivity contribution is 0.395. The molecule has 1 N–H and O–H groups in total. The van der Waals surface area contributed by atoms with E-state index in [1.165, 1.54) is 27.9 Å². The molecule has 0 atom stereocenters. The summed E-state index contributed by atoms with van der Waals surface area (Å²) in [7, 11) is 0. The van der Waals surface area contributed by atoms with E-state index in [2.05, 4.69) is 80.4 Å². The van der Waals surface area contributed by atoms with Gasteiger partial charge in [-0.05, 0) is 50.5 Å². The Bertz CT molecular complexity index is 673. The number of hydrogen-bond acceptors (Lipinski definition) is 2. The molecule has 1 heterocycles. The Labute approximate surface area is 134 Å². The van der Waals surface area contributed by atoms with Gasteiger partial charge in [0.15, 0.2) is 0 Å². The summed E-state index contributed by atoms with van der Waals surface area (Å²) in [4.78, 5) is 2.52. The number of rotatable bonds is 2. The Balaban J connectivity index is 1.99. The minimum absolute atomic E-state index is 0.107. The van der Waals surface area contributed by atoms with E-state index in [0.717, 1.165) is 19.6 Å². The number of hydrogen-bond donors (Lipinski definition) is 1. The fourth-order valence-electron chi connectivity index (χ4n) is 3.25. The second-order valence-electron chi connectivity index (χ2n) is 7.15. The van der Waals surface area contributed by atoms with Crippen LogP contribution in [-0.2, 0) is 13.1 Å². The van der Waals surface area contributed by atoms with Gasteiger partial charge in [0.2, 0.25) is 0 Å². The van der Waals surface area contributed by atoms with Gasteiger partial charge in [0.25, 0.3) is 0 Å². The van der Waals surface area contributed by atoms with Crippen molar-refractivity contribution in [2.45, 2.75) is 46.3 Å². The SMILES string of the molecule is Cc1ccc2c(c1)CNC(C)(C)CN2Cc1ccccc1C. The Hall–Kier alpha value is -1.80. The average molecular weight is 294 g/mol. The van der Waals surface area contributed by atoms with Crippen LogP contribution in [-0.4, -0.2) is 12.1 Å². The third kappa shape index (κ3) is 3.17. The predicted octanol–water partition coefficient (Wildman–Crippen LogP) is 4.19. The van der Waals surface area contributed by atoms with Crippen LogP contribution in [0.5, 0.6) is 0 Å². The van der Waals surface area contributed by atoms with Crippen LogP contribution in [0.2, 0.25) is 0 Å². The van der Waals surface area contributed by atoms with E-state index in [0.29, 0.717) is 0 Å². The van der Waals surface area contributed by atoms with Crippen molar-refractivity contribution in [3.63, 3.8) is 0 Å². The topological polar surface area (TPSA) is 15.3 Å². The third-order valence-corrected chi connectivity index (χ3v) is 4.54. The first-order chi connectivity index (χ1) is 10.4. The van der Waals surface area contributed by atoms with E-state index >= 15 is 0 Å². The smallest absolute Gasteiger partial charge is 0.0433 e.